The fraction of sp³-hybridized carbons (Fsp3) is 0.786. The van der Waals surface area contributed by atoms with Crippen molar-refractivity contribution in [3.8, 4) is 0 Å². The van der Waals surface area contributed by atoms with E-state index in [0.717, 1.165) is 37.7 Å². The molecule has 2 aliphatic rings. The highest BCUT2D eigenvalue weighted by atomic mass is 32.1. The van der Waals surface area contributed by atoms with Crippen LogP contribution in [0.4, 0.5) is 0 Å². The Labute approximate surface area is 124 Å². The van der Waals surface area contributed by atoms with Gasteiger partial charge in [-0.15, -0.1) is 11.3 Å². The first-order valence-electron chi connectivity index (χ1n) is 7.37. The summed E-state index contributed by atoms with van der Waals surface area (Å²) in [6.07, 6.45) is 4.34. The van der Waals surface area contributed by atoms with E-state index >= 15 is 0 Å². The Morgan fingerprint density at radius 2 is 2.15 bits per heavy atom. The zero-order valence-electron chi connectivity index (χ0n) is 11.8. The number of β-amino-alcohol motifs (C(OH)–C–C–N with tert-alkyl or cyclic N) is 1. The molecule has 0 unspecified atom stereocenters. The van der Waals surface area contributed by atoms with Crippen LogP contribution in [0.25, 0.3) is 0 Å². The summed E-state index contributed by atoms with van der Waals surface area (Å²) in [5, 5.41) is 14.0. The van der Waals surface area contributed by atoms with Crippen molar-refractivity contribution in [3.63, 3.8) is 0 Å². The highest BCUT2D eigenvalue weighted by molar-refractivity contribution is 7.09. The van der Waals surface area contributed by atoms with Gasteiger partial charge in [-0.2, -0.15) is 0 Å². The standard InChI is InChI=1S/C14H23N3O2S/c18-14(10-16-4-1-2-5-16)11-17(6-7-19-12-14)9-13-15-3-8-20-13/h3,8,18H,1-2,4-7,9-12H2/t14-/m0/s1. The lowest BCUT2D eigenvalue weighted by molar-refractivity contribution is -0.0548. The summed E-state index contributed by atoms with van der Waals surface area (Å²) in [6, 6.07) is 0. The number of nitrogens with zero attached hydrogens (tertiary/aromatic N) is 3. The average molecular weight is 297 g/mol. The predicted octanol–water partition coefficient (Wildman–Crippen LogP) is 0.802. The number of aromatic nitrogens is 1. The van der Waals surface area contributed by atoms with Crippen molar-refractivity contribution in [3.05, 3.63) is 16.6 Å². The van der Waals surface area contributed by atoms with Gasteiger partial charge >= 0.3 is 0 Å². The summed E-state index contributed by atoms with van der Waals surface area (Å²) in [6.45, 7) is 6.41. The third kappa shape index (κ3) is 3.77. The monoisotopic (exact) mass is 297 g/mol. The smallest absolute Gasteiger partial charge is 0.113 e. The van der Waals surface area contributed by atoms with Gasteiger partial charge in [0.2, 0.25) is 0 Å². The first kappa shape index (κ1) is 14.4. The first-order chi connectivity index (χ1) is 9.73. The quantitative estimate of drug-likeness (QED) is 0.891. The van der Waals surface area contributed by atoms with Crippen LogP contribution in [-0.2, 0) is 11.3 Å². The van der Waals surface area contributed by atoms with Crippen molar-refractivity contribution >= 4 is 11.3 Å². The summed E-state index contributed by atoms with van der Waals surface area (Å²) in [5.74, 6) is 0. The number of hydrogen-bond donors (Lipinski definition) is 1. The van der Waals surface area contributed by atoms with Gasteiger partial charge in [0.25, 0.3) is 0 Å². The molecule has 0 bridgehead atoms. The van der Waals surface area contributed by atoms with Crippen LogP contribution in [0.5, 0.6) is 0 Å². The minimum atomic E-state index is -0.752. The Morgan fingerprint density at radius 1 is 1.30 bits per heavy atom. The maximum Gasteiger partial charge on any atom is 0.113 e. The van der Waals surface area contributed by atoms with Gasteiger partial charge in [0.05, 0.1) is 19.8 Å². The molecule has 0 aromatic carbocycles. The second kappa shape index (κ2) is 6.49. The molecule has 5 nitrogen and oxygen atoms in total. The van der Waals surface area contributed by atoms with E-state index in [1.807, 2.05) is 11.6 Å². The van der Waals surface area contributed by atoms with Crippen molar-refractivity contribution < 1.29 is 9.84 Å². The van der Waals surface area contributed by atoms with Gasteiger partial charge in [-0.25, -0.2) is 4.98 Å². The molecule has 20 heavy (non-hydrogen) atoms. The molecule has 6 heteroatoms. The number of hydrogen-bond acceptors (Lipinski definition) is 6. The predicted molar refractivity (Wildman–Crippen MR) is 78.8 cm³/mol. The zero-order chi connectivity index (χ0) is 13.8. The molecule has 1 atom stereocenters. The highest BCUT2D eigenvalue weighted by Crippen LogP contribution is 2.19. The van der Waals surface area contributed by atoms with Gasteiger partial charge < -0.3 is 14.7 Å². The molecular weight excluding hydrogens is 274 g/mol. The van der Waals surface area contributed by atoms with Crippen LogP contribution in [0.15, 0.2) is 11.6 Å². The van der Waals surface area contributed by atoms with Gasteiger partial charge in [-0.3, -0.25) is 4.90 Å². The molecule has 0 saturated carbocycles. The summed E-state index contributed by atoms with van der Waals surface area (Å²) < 4.78 is 5.63. The average Bonchev–Trinajstić information content (AvgIpc) is 3.05. The maximum atomic E-state index is 10.9. The van der Waals surface area contributed by atoms with Gasteiger partial charge in [-0.1, -0.05) is 0 Å². The largest absolute Gasteiger partial charge is 0.385 e. The minimum Gasteiger partial charge on any atom is -0.385 e. The van der Waals surface area contributed by atoms with Crippen LogP contribution >= 0.6 is 11.3 Å². The van der Waals surface area contributed by atoms with E-state index in [1.165, 1.54) is 12.8 Å². The molecule has 2 aliphatic heterocycles. The Bertz CT molecular complexity index is 409. The lowest BCUT2D eigenvalue weighted by atomic mass is 10.0. The van der Waals surface area contributed by atoms with E-state index in [0.29, 0.717) is 19.8 Å². The normalized spacial score (nSPS) is 29.6. The lowest BCUT2D eigenvalue weighted by Gasteiger charge is -2.33. The molecule has 1 aromatic heterocycles. The molecule has 3 rings (SSSR count). The molecule has 1 N–H and O–H groups in total. The summed E-state index contributed by atoms with van der Waals surface area (Å²) in [4.78, 5) is 8.96. The fourth-order valence-corrected chi connectivity index (χ4v) is 3.76. The SMILES string of the molecule is O[C@]1(CN2CCCC2)COCCN(Cc2nccs2)C1. The third-order valence-corrected chi connectivity index (χ3v) is 4.76. The molecule has 0 spiro atoms. The Hall–Kier alpha value is -0.530. The van der Waals surface area contributed by atoms with E-state index < -0.39 is 5.60 Å². The molecule has 0 amide bonds. The molecule has 3 heterocycles. The van der Waals surface area contributed by atoms with Gasteiger partial charge in [0.1, 0.15) is 10.6 Å². The molecule has 112 valence electrons. The van der Waals surface area contributed by atoms with E-state index in [2.05, 4.69) is 14.8 Å². The van der Waals surface area contributed by atoms with E-state index in [-0.39, 0.29) is 0 Å². The van der Waals surface area contributed by atoms with Crippen molar-refractivity contribution in [2.45, 2.75) is 25.0 Å². The summed E-state index contributed by atoms with van der Waals surface area (Å²) in [7, 11) is 0. The van der Waals surface area contributed by atoms with Crippen LogP contribution in [0, 0.1) is 0 Å². The topological polar surface area (TPSA) is 48.8 Å². The van der Waals surface area contributed by atoms with E-state index in [4.69, 9.17) is 4.74 Å². The first-order valence-corrected chi connectivity index (χ1v) is 8.25. The van der Waals surface area contributed by atoms with E-state index in [1.54, 1.807) is 11.3 Å². The summed E-state index contributed by atoms with van der Waals surface area (Å²) >= 11 is 1.67. The molecular formula is C14H23N3O2S. The van der Waals surface area contributed by atoms with Crippen molar-refractivity contribution in [1.29, 1.82) is 0 Å². The van der Waals surface area contributed by atoms with Crippen molar-refractivity contribution in [2.75, 3.05) is 45.9 Å². The number of likely N-dealkylation sites (tertiary alicyclic amines) is 1. The van der Waals surface area contributed by atoms with Crippen molar-refractivity contribution in [2.24, 2.45) is 0 Å². The molecule has 0 aliphatic carbocycles. The third-order valence-electron chi connectivity index (χ3n) is 4.00. The minimum absolute atomic E-state index is 0.442. The fourth-order valence-electron chi connectivity index (χ4n) is 3.11. The van der Waals surface area contributed by atoms with Crippen molar-refractivity contribution in [1.82, 2.24) is 14.8 Å². The molecule has 2 fully saturated rings. The molecule has 1 aromatic rings. The Morgan fingerprint density at radius 3 is 2.90 bits per heavy atom. The van der Waals surface area contributed by atoms with Crippen LogP contribution in [0.1, 0.15) is 17.8 Å². The summed E-state index contributed by atoms with van der Waals surface area (Å²) in [5.41, 5.74) is -0.752. The van der Waals surface area contributed by atoms with Gasteiger partial charge in [0, 0.05) is 31.2 Å². The Balaban J connectivity index is 1.61. The lowest BCUT2D eigenvalue weighted by Crippen LogP contribution is -2.51. The second-order valence-electron chi connectivity index (χ2n) is 5.90. The zero-order valence-corrected chi connectivity index (χ0v) is 12.6. The number of ether oxygens (including phenoxy) is 1. The van der Waals surface area contributed by atoms with Crippen LogP contribution < -0.4 is 0 Å². The van der Waals surface area contributed by atoms with Crippen LogP contribution in [0.3, 0.4) is 0 Å². The maximum absolute atomic E-state index is 10.9. The van der Waals surface area contributed by atoms with E-state index in [9.17, 15) is 5.11 Å². The number of rotatable bonds is 4. The van der Waals surface area contributed by atoms with Crippen LogP contribution in [-0.4, -0.2) is 71.4 Å². The van der Waals surface area contributed by atoms with Gasteiger partial charge in [0.15, 0.2) is 0 Å². The Kier molecular flexibility index (Phi) is 4.68. The number of aliphatic hydroxyl groups is 1. The van der Waals surface area contributed by atoms with Gasteiger partial charge in [-0.05, 0) is 25.9 Å². The second-order valence-corrected chi connectivity index (χ2v) is 6.88. The number of thiazole rings is 1. The molecule has 2 saturated heterocycles. The molecule has 0 radical (unpaired) electrons. The van der Waals surface area contributed by atoms with Crippen LogP contribution in [0.2, 0.25) is 0 Å². The highest BCUT2D eigenvalue weighted by Gasteiger charge is 2.35.